The summed E-state index contributed by atoms with van der Waals surface area (Å²) in [6, 6.07) is 41.4. The Morgan fingerprint density at radius 1 is 0.592 bits per heavy atom. The fourth-order valence-electron chi connectivity index (χ4n) is 7.51. The predicted molar refractivity (Wildman–Crippen MR) is 205 cm³/mol. The number of hydrogen-bond donors (Lipinski definition) is 0. The number of furan rings is 1. The molecule has 0 spiro atoms. The molecule has 0 saturated carbocycles. The van der Waals surface area contributed by atoms with E-state index in [0.29, 0.717) is 22.1 Å². The molecule has 49 heavy (non-hydrogen) atoms. The molecule has 0 N–H and O–H groups in total. The molecule has 0 unspecified atom stereocenters. The van der Waals surface area contributed by atoms with Gasteiger partial charge in [0, 0.05) is 36.7 Å². The number of benzene rings is 6. The van der Waals surface area contributed by atoms with Crippen molar-refractivity contribution in [2.45, 2.75) is 46.4 Å². The van der Waals surface area contributed by atoms with Gasteiger partial charge in [-0.2, -0.15) is 0 Å². The predicted octanol–water partition coefficient (Wildman–Crippen LogP) is 12.5. The number of nitrogens with zero attached hydrogens (tertiary/aromatic N) is 3. The van der Waals surface area contributed by atoms with Gasteiger partial charge in [0.05, 0.1) is 27.8 Å². The molecular formula is C45H37N3O. The van der Waals surface area contributed by atoms with Gasteiger partial charge in [-0.3, -0.25) is 9.55 Å². The molecule has 0 aliphatic rings. The van der Waals surface area contributed by atoms with Crippen LogP contribution in [0.1, 0.15) is 60.5 Å². The van der Waals surface area contributed by atoms with Crippen molar-refractivity contribution in [2.24, 2.45) is 0 Å². The van der Waals surface area contributed by atoms with Crippen LogP contribution in [0.2, 0.25) is 0 Å². The molecule has 3 aromatic heterocycles. The maximum absolute atomic E-state index is 8.34. The van der Waals surface area contributed by atoms with Crippen molar-refractivity contribution in [3.05, 3.63) is 138 Å². The fourth-order valence-corrected chi connectivity index (χ4v) is 7.51. The zero-order chi connectivity index (χ0) is 35.9. The molecule has 238 valence electrons. The van der Waals surface area contributed by atoms with Gasteiger partial charge >= 0.3 is 0 Å². The number of pyridine rings is 1. The Kier molecular flexibility index (Phi) is 5.98. The van der Waals surface area contributed by atoms with Crippen LogP contribution in [-0.2, 0) is 0 Å². The topological polar surface area (TPSA) is 43.9 Å². The summed E-state index contributed by atoms with van der Waals surface area (Å²) in [6.07, 6.45) is 0. The summed E-state index contributed by atoms with van der Waals surface area (Å²) in [5.74, 6) is 1.25. The van der Waals surface area contributed by atoms with E-state index in [9.17, 15) is 0 Å². The van der Waals surface area contributed by atoms with E-state index < -0.39 is 6.85 Å². The third kappa shape index (κ3) is 4.51. The zero-order valence-electron chi connectivity index (χ0n) is 31.0. The minimum Gasteiger partial charge on any atom is -0.455 e. The highest BCUT2D eigenvalue weighted by atomic mass is 16.3. The average molecular weight is 639 g/mol. The Morgan fingerprint density at radius 2 is 1.24 bits per heavy atom. The molecule has 4 nitrogen and oxygen atoms in total. The van der Waals surface area contributed by atoms with Gasteiger partial charge in [-0.25, -0.2) is 4.98 Å². The van der Waals surface area contributed by atoms with E-state index in [2.05, 4.69) is 116 Å². The summed E-state index contributed by atoms with van der Waals surface area (Å²) in [4.78, 5) is 9.96. The number of imidazole rings is 1. The summed E-state index contributed by atoms with van der Waals surface area (Å²) < 4.78 is 34.3. The quantitative estimate of drug-likeness (QED) is 0.176. The molecule has 0 amide bonds. The van der Waals surface area contributed by atoms with Crippen LogP contribution in [-0.4, -0.2) is 14.5 Å². The number of para-hydroxylation sites is 4. The van der Waals surface area contributed by atoms with Crippen LogP contribution in [0.15, 0.2) is 126 Å². The number of hydrogen-bond acceptors (Lipinski definition) is 3. The van der Waals surface area contributed by atoms with E-state index in [1.807, 2.05) is 42.5 Å². The molecule has 0 aliphatic heterocycles. The molecule has 0 atom stereocenters. The van der Waals surface area contributed by atoms with Gasteiger partial charge in [0.15, 0.2) is 0 Å². The monoisotopic (exact) mass is 638 g/mol. The van der Waals surface area contributed by atoms with Crippen LogP contribution >= 0.6 is 0 Å². The highest BCUT2D eigenvalue weighted by Gasteiger charge is 2.26. The first-order valence-electron chi connectivity index (χ1n) is 18.5. The summed E-state index contributed by atoms with van der Waals surface area (Å²) >= 11 is 0. The van der Waals surface area contributed by atoms with Gasteiger partial charge in [0.1, 0.15) is 17.0 Å². The Bertz CT molecular complexity index is 2820. The Morgan fingerprint density at radius 3 is 2.00 bits per heavy atom. The van der Waals surface area contributed by atoms with Gasteiger partial charge in [-0.15, -0.1) is 0 Å². The summed E-state index contributed by atoms with van der Waals surface area (Å²) in [5.41, 5.74) is 10.9. The van der Waals surface area contributed by atoms with E-state index in [1.54, 1.807) is 0 Å². The number of aryl methyl sites for hydroxylation is 1. The largest absolute Gasteiger partial charge is 0.455 e. The van der Waals surface area contributed by atoms with Crippen molar-refractivity contribution in [2.75, 3.05) is 0 Å². The maximum Gasteiger partial charge on any atom is 0.149 e. The Labute approximate surface area is 289 Å². The summed E-state index contributed by atoms with van der Waals surface area (Å²) in [5, 5.41) is 4.03. The Hall–Kier alpha value is -5.74. The molecule has 0 radical (unpaired) electrons. The van der Waals surface area contributed by atoms with E-state index in [-0.39, 0.29) is 17.5 Å². The van der Waals surface area contributed by atoms with Crippen LogP contribution in [0.3, 0.4) is 0 Å². The maximum atomic E-state index is 8.34. The first-order chi connectivity index (χ1) is 25.1. The molecule has 9 aromatic rings. The summed E-state index contributed by atoms with van der Waals surface area (Å²) in [6.45, 7) is 6.64. The van der Waals surface area contributed by atoms with Crippen molar-refractivity contribution in [3.8, 4) is 28.2 Å². The molecule has 3 heterocycles. The lowest BCUT2D eigenvalue weighted by molar-refractivity contribution is 0.673. The normalized spacial score (nSPS) is 13.3. The van der Waals surface area contributed by atoms with E-state index in [4.69, 9.17) is 13.5 Å². The SMILES string of the molecule is [2H]C([2H])([2H])c1nc2ccccc2c2c1ccc1c3cccc(-c4nc5ccccc5n4-c4c(C(C)C)cc(-c5ccccc5)cc4C(C)C)c3oc12. The van der Waals surface area contributed by atoms with Gasteiger partial charge in [0.25, 0.3) is 0 Å². The molecule has 6 aromatic carbocycles. The average Bonchev–Trinajstić information content (AvgIpc) is 3.72. The fraction of sp³-hybridized carbons (Fsp3) is 0.156. The van der Waals surface area contributed by atoms with Crippen molar-refractivity contribution in [3.63, 3.8) is 0 Å². The van der Waals surface area contributed by atoms with Crippen molar-refractivity contribution in [1.29, 1.82) is 0 Å². The molecule has 0 bridgehead atoms. The van der Waals surface area contributed by atoms with Crippen molar-refractivity contribution >= 4 is 54.6 Å². The van der Waals surface area contributed by atoms with Gasteiger partial charge in [-0.1, -0.05) is 107 Å². The second-order valence-corrected chi connectivity index (χ2v) is 13.6. The number of rotatable bonds is 5. The molecule has 0 saturated heterocycles. The minimum absolute atomic E-state index is 0.0759. The minimum atomic E-state index is -2.39. The highest BCUT2D eigenvalue weighted by Crippen LogP contribution is 2.44. The van der Waals surface area contributed by atoms with Gasteiger partial charge in [-0.05, 0) is 83.4 Å². The standard InChI is InChI=1S/C45H37N3O/c1-26(2)36-24-30(29-14-7-6-8-15-29)25-37(27(3)4)42(36)48-40-21-12-11-20-39(40)47-45(48)35-18-13-17-32-33-23-22-31-28(5)46-38-19-10-9-16-34(38)41(31)44(33)49-43(32)35/h6-27H,1-5H3/i5D3. The molecule has 9 rings (SSSR count). The second kappa shape index (κ2) is 11.2. The van der Waals surface area contributed by atoms with Crippen LogP contribution < -0.4 is 0 Å². The lowest BCUT2D eigenvalue weighted by atomic mass is 9.88. The van der Waals surface area contributed by atoms with E-state index in [1.165, 1.54) is 22.3 Å². The second-order valence-electron chi connectivity index (χ2n) is 13.6. The molecular weight excluding hydrogens is 599 g/mol. The number of fused-ring (bicyclic) bond motifs is 8. The van der Waals surface area contributed by atoms with Crippen LogP contribution in [0.25, 0.3) is 82.8 Å². The van der Waals surface area contributed by atoms with Crippen LogP contribution in [0.4, 0.5) is 0 Å². The van der Waals surface area contributed by atoms with Crippen molar-refractivity contribution < 1.29 is 8.53 Å². The lowest BCUT2D eigenvalue weighted by Crippen LogP contribution is -2.09. The first-order valence-corrected chi connectivity index (χ1v) is 17.0. The third-order valence-corrected chi connectivity index (χ3v) is 9.87. The molecule has 0 fully saturated rings. The number of aromatic nitrogens is 3. The van der Waals surface area contributed by atoms with Gasteiger partial charge in [0.2, 0.25) is 0 Å². The van der Waals surface area contributed by atoms with Crippen LogP contribution in [0.5, 0.6) is 0 Å². The first kappa shape index (κ1) is 26.2. The van der Waals surface area contributed by atoms with E-state index in [0.717, 1.165) is 49.7 Å². The van der Waals surface area contributed by atoms with Crippen molar-refractivity contribution in [1.82, 2.24) is 14.5 Å². The lowest BCUT2D eigenvalue weighted by Gasteiger charge is -2.24. The summed E-state index contributed by atoms with van der Waals surface area (Å²) in [7, 11) is 0. The molecule has 4 heteroatoms. The zero-order valence-corrected chi connectivity index (χ0v) is 28.0. The van der Waals surface area contributed by atoms with Crippen LogP contribution in [0, 0.1) is 6.85 Å². The van der Waals surface area contributed by atoms with Gasteiger partial charge < -0.3 is 4.42 Å². The smallest absolute Gasteiger partial charge is 0.149 e. The molecule has 0 aliphatic carbocycles. The highest BCUT2D eigenvalue weighted by molar-refractivity contribution is 6.23. The van der Waals surface area contributed by atoms with E-state index >= 15 is 0 Å². The third-order valence-electron chi connectivity index (χ3n) is 9.87. The Balaban J connectivity index is 1.39.